The zero-order valence-corrected chi connectivity index (χ0v) is 14.5. The Labute approximate surface area is 129 Å². The molecule has 2 aliphatic rings. The van der Waals surface area contributed by atoms with Crippen molar-refractivity contribution in [1.82, 2.24) is 0 Å². The summed E-state index contributed by atoms with van der Waals surface area (Å²) >= 11 is 0. The van der Waals surface area contributed by atoms with Crippen molar-refractivity contribution in [3.05, 3.63) is 64.0 Å². The second-order valence-corrected chi connectivity index (χ2v) is 4.59. The maximum Gasteiger partial charge on any atom is 0.194 e. The largest absolute Gasteiger partial charge is 0.289 e. The van der Waals surface area contributed by atoms with Gasteiger partial charge in [-0.2, -0.15) is 0 Å². The third kappa shape index (κ3) is 4.16. The molecule has 0 aromatic rings. The van der Waals surface area contributed by atoms with E-state index in [2.05, 4.69) is 52.7 Å². The molecule has 0 atom stereocenters. The van der Waals surface area contributed by atoms with Crippen molar-refractivity contribution in [2.75, 3.05) is 0 Å². The van der Waals surface area contributed by atoms with E-state index in [1.165, 1.54) is 40.4 Å². The molecular formula is C17H19IrO. The van der Waals surface area contributed by atoms with Gasteiger partial charge in [0.15, 0.2) is 5.78 Å². The van der Waals surface area contributed by atoms with Crippen molar-refractivity contribution in [3.63, 3.8) is 0 Å². The predicted octanol–water partition coefficient (Wildman–Crippen LogP) is 4.26. The van der Waals surface area contributed by atoms with Gasteiger partial charge in [0, 0.05) is 37.7 Å². The fourth-order valence-corrected chi connectivity index (χ4v) is 1.81. The molecule has 0 saturated heterocycles. The van der Waals surface area contributed by atoms with Crippen LogP contribution in [0, 0.1) is 5.92 Å². The van der Waals surface area contributed by atoms with Crippen LogP contribution in [0.1, 0.15) is 34.6 Å². The van der Waals surface area contributed by atoms with Crippen LogP contribution in [0.15, 0.2) is 58.1 Å². The molecule has 0 bridgehead atoms. The Morgan fingerprint density at radius 3 is 1.47 bits per heavy atom. The van der Waals surface area contributed by atoms with E-state index in [4.69, 9.17) is 0 Å². The summed E-state index contributed by atoms with van der Waals surface area (Å²) in [5.41, 5.74) is 11.5. The van der Waals surface area contributed by atoms with E-state index < -0.39 is 0 Å². The first-order valence-corrected chi connectivity index (χ1v) is 5.96. The smallest absolute Gasteiger partial charge is 0.194 e. The molecule has 2 radical (unpaired) electrons. The molecule has 0 aromatic heterocycles. The topological polar surface area (TPSA) is 17.1 Å². The van der Waals surface area contributed by atoms with Crippen LogP contribution in [0.5, 0.6) is 0 Å². The summed E-state index contributed by atoms with van der Waals surface area (Å²) in [6.07, 6.45) is 2.84. The number of hydrogen-bond donors (Lipinski definition) is 0. The van der Waals surface area contributed by atoms with Crippen molar-refractivity contribution in [3.8, 4) is 0 Å². The van der Waals surface area contributed by atoms with Crippen LogP contribution >= 0.6 is 0 Å². The summed E-state index contributed by atoms with van der Waals surface area (Å²) < 4.78 is 0. The zero-order valence-electron chi connectivity index (χ0n) is 12.1. The molecule has 2 rings (SSSR count). The summed E-state index contributed by atoms with van der Waals surface area (Å²) in [5, 5.41) is 0. The second kappa shape index (κ2) is 7.43. The molecule has 0 N–H and O–H groups in total. The van der Waals surface area contributed by atoms with Crippen LogP contribution in [0.3, 0.4) is 0 Å². The summed E-state index contributed by atoms with van der Waals surface area (Å²) in [6, 6.07) is 0. The van der Waals surface area contributed by atoms with E-state index in [1.54, 1.807) is 0 Å². The average molecular weight is 432 g/mol. The molecule has 19 heavy (non-hydrogen) atoms. The normalized spacial score (nSPS) is 17.7. The molecule has 0 spiro atoms. The quantitative estimate of drug-likeness (QED) is 0.414. The number of carbonyl (C=O) groups excluding carboxylic acids is 1. The summed E-state index contributed by atoms with van der Waals surface area (Å²) in [7, 11) is 0. The van der Waals surface area contributed by atoms with Crippen LogP contribution < -0.4 is 0 Å². The standard InChI is InChI=1S/C10H15.C7H4O.Ir/c1-6-7(2)9(4)10(5)8(6)3;1-6-4-2-3-5-7(6)8;/h1-5H3;4-5H,1H2;. The minimum atomic E-state index is -0.0799. The first-order chi connectivity index (χ1) is 8.36. The van der Waals surface area contributed by atoms with Gasteiger partial charge in [-0.15, -0.1) is 0 Å². The molecule has 2 heteroatoms. The van der Waals surface area contributed by atoms with Gasteiger partial charge in [0.25, 0.3) is 0 Å². The molecule has 0 unspecified atom stereocenters. The van der Waals surface area contributed by atoms with Crippen molar-refractivity contribution >= 4 is 5.78 Å². The molecule has 0 amide bonds. The number of ketones is 1. The SMILES string of the molecule is C=C1C=C=C=CC1=O.C[C]1C(C)=C(C)C(C)=C1C.[Ir]. The van der Waals surface area contributed by atoms with Crippen LogP contribution in [0.25, 0.3) is 0 Å². The fourth-order valence-electron chi connectivity index (χ4n) is 1.81. The second-order valence-electron chi connectivity index (χ2n) is 4.59. The zero-order chi connectivity index (χ0) is 13.9. The Balaban J connectivity index is 0.000000331. The maximum absolute atomic E-state index is 10.5. The Kier molecular flexibility index (Phi) is 6.98. The van der Waals surface area contributed by atoms with Crippen molar-refractivity contribution in [2.45, 2.75) is 34.6 Å². The first kappa shape index (κ1) is 17.8. The van der Waals surface area contributed by atoms with E-state index in [9.17, 15) is 4.79 Å². The molecule has 0 saturated carbocycles. The number of hydrogen-bond acceptors (Lipinski definition) is 1. The average Bonchev–Trinajstić information content (AvgIpc) is 2.52. The van der Waals surface area contributed by atoms with E-state index in [1.807, 2.05) is 0 Å². The van der Waals surface area contributed by atoms with Crippen LogP contribution in [-0.4, -0.2) is 5.78 Å². The van der Waals surface area contributed by atoms with E-state index in [0.717, 1.165) is 0 Å². The molecular weight excluding hydrogens is 412 g/mol. The predicted molar refractivity (Wildman–Crippen MR) is 76.0 cm³/mol. The van der Waals surface area contributed by atoms with Gasteiger partial charge in [-0.25, -0.2) is 0 Å². The maximum atomic E-state index is 10.5. The third-order valence-corrected chi connectivity index (χ3v) is 3.66. The number of allylic oxidation sites excluding steroid dienone is 7. The van der Waals surface area contributed by atoms with Gasteiger partial charge in [-0.05, 0) is 44.9 Å². The Bertz CT molecular complexity index is 510. The summed E-state index contributed by atoms with van der Waals surface area (Å²) in [5.74, 6) is 1.39. The van der Waals surface area contributed by atoms with E-state index in [0.29, 0.717) is 5.57 Å². The summed E-state index contributed by atoms with van der Waals surface area (Å²) in [4.78, 5) is 10.5. The van der Waals surface area contributed by atoms with Gasteiger partial charge in [0.2, 0.25) is 0 Å². The molecule has 1 nitrogen and oxygen atoms in total. The molecule has 0 aliphatic heterocycles. The number of carbonyl (C=O) groups is 1. The van der Waals surface area contributed by atoms with Crippen molar-refractivity contribution in [2.24, 2.45) is 0 Å². The first-order valence-electron chi connectivity index (χ1n) is 5.96. The Hall–Kier alpha value is -1.16. The van der Waals surface area contributed by atoms with Gasteiger partial charge in [0.1, 0.15) is 0 Å². The molecule has 0 aromatic carbocycles. The van der Waals surface area contributed by atoms with Gasteiger partial charge in [-0.1, -0.05) is 36.1 Å². The molecule has 0 heterocycles. The van der Waals surface area contributed by atoms with Gasteiger partial charge in [0.05, 0.1) is 0 Å². The van der Waals surface area contributed by atoms with Gasteiger partial charge in [-0.3, -0.25) is 4.79 Å². The van der Waals surface area contributed by atoms with Gasteiger partial charge < -0.3 is 0 Å². The molecule has 2 aliphatic carbocycles. The van der Waals surface area contributed by atoms with Gasteiger partial charge >= 0.3 is 0 Å². The van der Waals surface area contributed by atoms with Crippen LogP contribution in [0.4, 0.5) is 0 Å². The molecule has 0 fully saturated rings. The van der Waals surface area contributed by atoms with E-state index >= 15 is 0 Å². The Morgan fingerprint density at radius 1 is 0.842 bits per heavy atom. The number of rotatable bonds is 0. The summed E-state index contributed by atoms with van der Waals surface area (Å²) in [6.45, 7) is 14.5. The van der Waals surface area contributed by atoms with Crippen molar-refractivity contribution < 1.29 is 24.9 Å². The fraction of sp³-hybridized carbons (Fsp3) is 0.294. The molecule has 102 valence electrons. The van der Waals surface area contributed by atoms with Crippen LogP contribution in [-0.2, 0) is 24.9 Å². The van der Waals surface area contributed by atoms with Crippen molar-refractivity contribution in [1.29, 1.82) is 0 Å². The third-order valence-electron chi connectivity index (χ3n) is 3.66. The minimum Gasteiger partial charge on any atom is -0.289 e. The monoisotopic (exact) mass is 432 g/mol. The minimum absolute atomic E-state index is 0. The Morgan fingerprint density at radius 2 is 1.26 bits per heavy atom. The van der Waals surface area contributed by atoms with Crippen LogP contribution in [0.2, 0.25) is 0 Å². The van der Waals surface area contributed by atoms with E-state index in [-0.39, 0.29) is 25.9 Å².